The Morgan fingerprint density at radius 1 is 1.36 bits per heavy atom. The van der Waals surface area contributed by atoms with Crippen LogP contribution in [0.5, 0.6) is 0 Å². The first-order valence-corrected chi connectivity index (χ1v) is 10.8. The monoisotopic (exact) mass is 377 g/mol. The van der Waals surface area contributed by atoms with Gasteiger partial charge in [0.15, 0.2) is 5.16 Å². The van der Waals surface area contributed by atoms with Crippen LogP contribution in [0.1, 0.15) is 43.0 Å². The quantitative estimate of drug-likeness (QED) is 0.594. The van der Waals surface area contributed by atoms with Gasteiger partial charge in [0.05, 0.1) is 11.1 Å². The van der Waals surface area contributed by atoms with E-state index in [1.807, 2.05) is 11.8 Å². The van der Waals surface area contributed by atoms with Crippen LogP contribution in [-0.4, -0.2) is 38.7 Å². The topological polar surface area (TPSA) is 55.2 Å². The number of thiophene rings is 1. The van der Waals surface area contributed by atoms with E-state index in [1.165, 1.54) is 28.6 Å². The molecule has 0 N–H and O–H groups in total. The minimum Gasteiger partial charge on any atom is -0.339 e. The van der Waals surface area contributed by atoms with Crippen molar-refractivity contribution in [3.05, 3.63) is 20.8 Å². The molecule has 4 rings (SSSR count). The van der Waals surface area contributed by atoms with Gasteiger partial charge >= 0.3 is 0 Å². The van der Waals surface area contributed by atoms with Gasteiger partial charge in [-0.05, 0) is 51.0 Å². The molecule has 2 aromatic rings. The average molecular weight is 378 g/mol. The molecule has 134 valence electrons. The van der Waals surface area contributed by atoms with Crippen LogP contribution in [0, 0.1) is 0 Å². The molecule has 1 saturated carbocycles. The molecule has 5 nitrogen and oxygen atoms in total. The highest BCUT2D eigenvalue weighted by molar-refractivity contribution is 7.99. The van der Waals surface area contributed by atoms with Crippen molar-refractivity contribution in [2.24, 2.45) is 7.05 Å². The first-order chi connectivity index (χ1) is 12.1. The number of carbonyl (C=O) groups is 1. The van der Waals surface area contributed by atoms with E-state index in [0.717, 1.165) is 48.9 Å². The lowest BCUT2D eigenvalue weighted by atomic mass is 9.97. The molecule has 7 heteroatoms. The van der Waals surface area contributed by atoms with Crippen LogP contribution < -0.4 is 5.56 Å². The van der Waals surface area contributed by atoms with Gasteiger partial charge in [0.25, 0.3) is 5.56 Å². The lowest BCUT2D eigenvalue weighted by molar-refractivity contribution is -0.128. The summed E-state index contributed by atoms with van der Waals surface area (Å²) in [6.07, 6.45) is 6.64. The number of nitrogens with zero attached hydrogens (tertiary/aromatic N) is 3. The number of aryl methyl sites for hydroxylation is 2. The fourth-order valence-corrected chi connectivity index (χ4v) is 5.79. The van der Waals surface area contributed by atoms with E-state index in [1.54, 1.807) is 23.0 Å². The van der Waals surface area contributed by atoms with Gasteiger partial charge in [-0.2, -0.15) is 0 Å². The van der Waals surface area contributed by atoms with E-state index < -0.39 is 0 Å². The smallest absolute Gasteiger partial charge is 0.262 e. The number of hydrogen-bond acceptors (Lipinski definition) is 5. The Bertz CT molecular complexity index is 883. The predicted octanol–water partition coefficient (Wildman–Crippen LogP) is 2.98. The van der Waals surface area contributed by atoms with Crippen LogP contribution in [0.25, 0.3) is 10.2 Å². The van der Waals surface area contributed by atoms with Gasteiger partial charge in [0, 0.05) is 24.5 Å². The van der Waals surface area contributed by atoms with Crippen molar-refractivity contribution in [1.29, 1.82) is 0 Å². The number of hydrogen-bond donors (Lipinski definition) is 0. The summed E-state index contributed by atoms with van der Waals surface area (Å²) in [7, 11) is 1.77. The zero-order valence-electron chi connectivity index (χ0n) is 14.7. The normalized spacial score (nSPS) is 16.9. The maximum absolute atomic E-state index is 12.9. The van der Waals surface area contributed by atoms with E-state index in [-0.39, 0.29) is 11.5 Å². The zero-order chi connectivity index (χ0) is 17.6. The molecule has 25 heavy (non-hydrogen) atoms. The van der Waals surface area contributed by atoms with Crippen LogP contribution >= 0.6 is 23.1 Å². The average Bonchev–Trinajstić information content (AvgIpc) is 3.37. The summed E-state index contributed by atoms with van der Waals surface area (Å²) in [4.78, 5) is 34.2. The Kier molecular flexibility index (Phi) is 4.62. The van der Waals surface area contributed by atoms with Gasteiger partial charge in [-0.1, -0.05) is 11.8 Å². The van der Waals surface area contributed by atoms with Crippen LogP contribution in [0.2, 0.25) is 0 Å². The summed E-state index contributed by atoms with van der Waals surface area (Å²) in [5.41, 5.74) is 1.26. The van der Waals surface area contributed by atoms with Crippen molar-refractivity contribution in [3.63, 3.8) is 0 Å². The third kappa shape index (κ3) is 3.12. The Morgan fingerprint density at radius 3 is 2.84 bits per heavy atom. The van der Waals surface area contributed by atoms with E-state index in [9.17, 15) is 9.59 Å². The molecular formula is C18H23N3O2S2. The van der Waals surface area contributed by atoms with Crippen molar-refractivity contribution in [2.75, 3.05) is 12.3 Å². The molecule has 0 spiro atoms. The van der Waals surface area contributed by atoms with Crippen LogP contribution in [0.3, 0.4) is 0 Å². The maximum Gasteiger partial charge on any atom is 0.262 e. The summed E-state index contributed by atoms with van der Waals surface area (Å²) in [5, 5.41) is 1.46. The lowest BCUT2D eigenvalue weighted by Gasteiger charge is -2.20. The summed E-state index contributed by atoms with van der Waals surface area (Å²) < 4.78 is 1.62. The fourth-order valence-electron chi connectivity index (χ4n) is 3.63. The largest absolute Gasteiger partial charge is 0.339 e. The summed E-state index contributed by atoms with van der Waals surface area (Å²) in [6, 6.07) is 0.432. The van der Waals surface area contributed by atoms with Crippen LogP contribution in [0.4, 0.5) is 0 Å². The number of fused-ring (bicyclic) bond motifs is 3. The first-order valence-electron chi connectivity index (χ1n) is 9.03. The predicted molar refractivity (Wildman–Crippen MR) is 103 cm³/mol. The number of amides is 1. The minimum atomic E-state index is 0.0360. The Hall–Kier alpha value is -1.34. The van der Waals surface area contributed by atoms with Gasteiger partial charge in [-0.25, -0.2) is 4.98 Å². The molecule has 2 aromatic heterocycles. The standard InChI is InChI=1S/C18H23N3O2S2/c1-3-21(11-8-9-11)14(22)10-24-18-19-16-15(17(23)20(18)2)12-6-4-5-7-13(12)25-16/h11H,3-10H2,1-2H3. The highest BCUT2D eigenvalue weighted by Crippen LogP contribution is 2.34. The fraction of sp³-hybridized carbons (Fsp3) is 0.611. The van der Waals surface area contributed by atoms with Crippen molar-refractivity contribution in [3.8, 4) is 0 Å². The van der Waals surface area contributed by atoms with Gasteiger partial charge < -0.3 is 4.90 Å². The molecule has 0 unspecified atom stereocenters. The Balaban J connectivity index is 1.60. The van der Waals surface area contributed by atoms with E-state index in [4.69, 9.17) is 4.98 Å². The minimum absolute atomic E-state index is 0.0360. The number of aromatic nitrogens is 2. The van der Waals surface area contributed by atoms with Crippen LogP contribution in [0.15, 0.2) is 9.95 Å². The molecule has 1 fully saturated rings. The molecule has 0 radical (unpaired) electrons. The van der Waals surface area contributed by atoms with E-state index in [2.05, 4.69) is 0 Å². The van der Waals surface area contributed by atoms with E-state index in [0.29, 0.717) is 17.0 Å². The summed E-state index contributed by atoms with van der Waals surface area (Å²) in [5.74, 6) is 0.496. The Morgan fingerprint density at radius 2 is 2.12 bits per heavy atom. The van der Waals surface area contributed by atoms with Crippen molar-refractivity contribution in [1.82, 2.24) is 14.5 Å². The molecule has 2 heterocycles. The van der Waals surface area contributed by atoms with Gasteiger partial charge in [-0.3, -0.25) is 14.2 Å². The molecule has 2 aliphatic rings. The first kappa shape index (κ1) is 17.1. The molecule has 1 amide bonds. The van der Waals surface area contributed by atoms with E-state index >= 15 is 0 Å². The van der Waals surface area contributed by atoms with Crippen molar-refractivity contribution in [2.45, 2.75) is 56.6 Å². The molecule has 2 aliphatic carbocycles. The van der Waals surface area contributed by atoms with Gasteiger partial charge in [0.2, 0.25) is 5.91 Å². The number of rotatable bonds is 5. The molecule has 0 aromatic carbocycles. The molecular weight excluding hydrogens is 354 g/mol. The van der Waals surface area contributed by atoms with Crippen LogP contribution in [-0.2, 0) is 24.7 Å². The molecule has 0 saturated heterocycles. The maximum atomic E-state index is 12.9. The number of carbonyl (C=O) groups excluding carboxylic acids is 1. The number of thioether (sulfide) groups is 1. The second-order valence-electron chi connectivity index (χ2n) is 6.85. The summed E-state index contributed by atoms with van der Waals surface area (Å²) >= 11 is 3.05. The third-order valence-corrected chi connectivity index (χ3v) is 7.33. The highest BCUT2D eigenvalue weighted by atomic mass is 32.2. The van der Waals surface area contributed by atoms with Gasteiger partial charge in [-0.15, -0.1) is 11.3 Å². The third-order valence-electron chi connectivity index (χ3n) is 5.13. The zero-order valence-corrected chi connectivity index (χ0v) is 16.3. The van der Waals surface area contributed by atoms with Crippen molar-refractivity contribution >= 4 is 39.2 Å². The Labute approximate surface area is 155 Å². The second kappa shape index (κ2) is 6.76. The molecule has 0 bridgehead atoms. The second-order valence-corrected chi connectivity index (χ2v) is 8.88. The molecule has 0 aliphatic heterocycles. The SMILES string of the molecule is CCN(C(=O)CSc1nc2sc3c(c2c(=O)n1C)CCCC3)C1CC1. The summed E-state index contributed by atoms with van der Waals surface area (Å²) in [6.45, 7) is 2.78. The molecule has 0 atom stereocenters. The lowest BCUT2D eigenvalue weighted by Crippen LogP contribution is -2.34. The van der Waals surface area contributed by atoms with Crippen molar-refractivity contribution < 1.29 is 4.79 Å². The highest BCUT2D eigenvalue weighted by Gasteiger charge is 2.31. The van der Waals surface area contributed by atoms with Gasteiger partial charge in [0.1, 0.15) is 4.83 Å².